The molecule has 46 heavy (non-hydrogen) atoms. The Morgan fingerprint density at radius 1 is 1.26 bits per heavy atom. The van der Waals surface area contributed by atoms with Crippen molar-refractivity contribution < 1.29 is 31.7 Å². The molecular weight excluding hydrogens is 638 g/mol. The van der Waals surface area contributed by atoms with Crippen LogP contribution in [0, 0.1) is 12.7 Å². The zero-order chi connectivity index (χ0) is 32.6. The number of urea groups is 1. The maximum atomic E-state index is 14.8. The van der Waals surface area contributed by atoms with Crippen LogP contribution in [-0.2, 0) is 19.8 Å². The first-order chi connectivity index (χ1) is 21.9. The number of carbonyl (C=O) groups excluding carboxylic acids is 2. The number of piperazine rings is 1. The number of amidine groups is 1. The largest absolute Gasteiger partial charge is 0.463 e. The second-order valence-corrected chi connectivity index (χ2v) is 15.1. The second kappa shape index (κ2) is 11.1. The van der Waals surface area contributed by atoms with E-state index in [9.17, 15) is 27.0 Å². The van der Waals surface area contributed by atoms with E-state index < -0.39 is 39.2 Å². The van der Waals surface area contributed by atoms with E-state index in [0.717, 1.165) is 4.31 Å². The molecule has 1 aromatic heterocycles. The summed E-state index contributed by atoms with van der Waals surface area (Å²) in [7, 11) is -2.93. The van der Waals surface area contributed by atoms with Crippen molar-refractivity contribution in [2.24, 2.45) is 4.99 Å². The smallest absolute Gasteiger partial charge is 0.338 e. The van der Waals surface area contributed by atoms with Crippen LogP contribution >= 0.6 is 11.3 Å². The number of halogens is 1. The third kappa shape index (κ3) is 4.92. The quantitative estimate of drug-likeness (QED) is 0.302. The van der Waals surface area contributed by atoms with E-state index in [2.05, 4.69) is 15.2 Å². The molecule has 8 rings (SSSR count). The van der Waals surface area contributed by atoms with Gasteiger partial charge in [-0.1, -0.05) is 12.1 Å². The third-order valence-electron chi connectivity index (χ3n) is 10.2. The molecule has 6 aliphatic rings. The Kier molecular flexibility index (Phi) is 7.51. The van der Waals surface area contributed by atoms with Crippen molar-refractivity contribution in [1.82, 2.24) is 29.3 Å². The lowest BCUT2D eigenvalue weighted by molar-refractivity contribution is -0.186. The Morgan fingerprint density at radius 3 is 2.70 bits per heavy atom. The molecule has 2 aromatic rings. The monoisotopic (exact) mass is 673 g/mol. The SMILES string of the molecule is CCOC(=O)C1=C(CN2CCN3C(=O)N(C45CC(N(C)S(=O)(=O)O)(C4)C5)C[C@@H]3C2)NC(c2nccs2)=N[C@H]1c1cccc(F)c1C. The Morgan fingerprint density at radius 2 is 2.02 bits per heavy atom. The van der Waals surface area contributed by atoms with Gasteiger partial charge in [0.05, 0.1) is 23.8 Å². The molecule has 3 aliphatic heterocycles. The minimum atomic E-state index is -4.31. The summed E-state index contributed by atoms with van der Waals surface area (Å²) in [5.74, 6) is -0.438. The van der Waals surface area contributed by atoms with Crippen LogP contribution in [-0.4, -0.2) is 118 Å². The lowest BCUT2D eigenvalue weighted by atomic mass is 9.43. The zero-order valence-corrected chi connectivity index (χ0v) is 27.4. The van der Waals surface area contributed by atoms with Gasteiger partial charge in [0.2, 0.25) is 0 Å². The first kappa shape index (κ1) is 31.2. The van der Waals surface area contributed by atoms with Crippen molar-refractivity contribution >= 4 is 39.5 Å². The van der Waals surface area contributed by atoms with Crippen molar-refractivity contribution in [3.05, 3.63) is 63.0 Å². The molecule has 0 radical (unpaired) electrons. The number of hydrogen-bond acceptors (Lipinski definition) is 10. The first-order valence-corrected chi connectivity index (χ1v) is 17.6. The molecule has 0 unspecified atom stereocenters. The molecule has 2 N–H and O–H groups in total. The summed E-state index contributed by atoms with van der Waals surface area (Å²) in [6.07, 6.45) is 3.19. The first-order valence-electron chi connectivity index (χ1n) is 15.3. The van der Waals surface area contributed by atoms with Crippen LogP contribution in [0.25, 0.3) is 0 Å². The summed E-state index contributed by atoms with van der Waals surface area (Å²) in [6.45, 7) is 6.03. The summed E-state index contributed by atoms with van der Waals surface area (Å²) in [5.41, 5.74) is 0.848. The van der Waals surface area contributed by atoms with Crippen LogP contribution in [0.5, 0.6) is 0 Å². The number of hydrogen-bond donors (Lipinski definition) is 2. The summed E-state index contributed by atoms with van der Waals surface area (Å²) < 4.78 is 54.3. The average Bonchev–Trinajstić information content (AvgIpc) is 3.61. The number of amides is 2. The van der Waals surface area contributed by atoms with Gasteiger partial charge in [0.25, 0.3) is 0 Å². The Bertz CT molecular complexity index is 1740. The lowest BCUT2D eigenvalue weighted by Crippen LogP contribution is -2.83. The van der Waals surface area contributed by atoms with Gasteiger partial charge in [-0.25, -0.2) is 19.0 Å². The minimum Gasteiger partial charge on any atom is -0.463 e. The molecule has 2 atom stereocenters. The van der Waals surface area contributed by atoms with Crippen molar-refractivity contribution in [2.75, 3.05) is 46.4 Å². The number of aliphatic imine (C=N–C) groups is 1. The Balaban J connectivity index is 1.14. The van der Waals surface area contributed by atoms with E-state index in [0.29, 0.717) is 85.2 Å². The predicted octanol–water partition coefficient (Wildman–Crippen LogP) is 2.33. The summed E-state index contributed by atoms with van der Waals surface area (Å²) in [6, 6.07) is 3.81. The molecule has 246 valence electrons. The van der Waals surface area contributed by atoms with E-state index in [1.54, 1.807) is 32.2 Å². The van der Waals surface area contributed by atoms with Gasteiger partial charge in [0.1, 0.15) is 11.9 Å². The van der Waals surface area contributed by atoms with Crippen molar-refractivity contribution in [3.63, 3.8) is 0 Å². The van der Waals surface area contributed by atoms with E-state index >= 15 is 0 Å². The fourth-order valence-electron chi connectivity index (χ4n) is 7.85. The number of nitrogens with one attached hydrogen (secondary N) is 1. The van der Waals surface area contributed by atoms with Crippen molar-refractivity contribution in [1.29, 1.82) is 0 Å². The molecule has 4 heterocycles. The molecule has 3 aliphatic carbocycles. The van der Waals surface area contributed by atoms with Gasteiger partial charge >= 0.3 is 22.3 Å². The van der Waals surface area contributed by atoms with Crippen LogP contribution < -0.4 is 5.32 Å². The molecule has 2 bridgehead atoms. The molecule has 1 aromatic carbocycles. The van der Waals surface area contributed by atoms with Gasteiger partial charge in [0.15, 0.2) is 10.8 Å². The van der Waals surface area contributed by atoms with Gasteiger partial charge in [-0.15, -0.1) is 11.3 Å². The molecule has 2 saturated heterocycles. The maximum absolute atomic E-state index is 14.8. The number of rotatable bonds is 9. The number of benzene rings is 1. The van der Waals surface area contributed by atoms with E-state index in [1.165, 1.54) is 24.5 Å². The number of thiazole rings is 1. The fourth-order valence-corrected chi connectivity index (χ4v) is 9.12. The van der Waals surface area contributed by atoms with Crippen LogP contribution in [0.4, 0.5) is 9.18 Å². The van der Waals surface area contributed by atoms with Crippen LogP contribution in [0.3, 0.4) is 0 Å². The zero-order valence-electron chi connectivity index (χ0n) is 25.8. The normalized spacial score (nSPS) is 29.3. The number of esters is 1. The average molecular weight is 674 g/mol. The third-order valence-corrected chi connectivity index (χ3v) is 12.1. The fraction of sp³-hybridized carbons (Fsp3) is 0.533. The van der Waals surface area contributed by atoms with Crippen molar-refractivity contribution in [3.8, 4) is 0 Å². The molecule has 13 nitrogen and oxygen atoms in total. The number of fused-ring (bicyclic) bond motifs is 1. The standard InChI is InChI=1S/C30H36FN7O6S2/c1-4-44-27(39)23-22(33-25(26-32-8-11-45-26)34-24(23)20-6-5-7-21(31)18(20)2)14-36-9-10-37-19(12-36)13-38(28(37)40)30-15-29(16-30,17-30)35(3)46(41,42)43/h5-8,11,19,24H,4,9-10,12-17H2,1-3H3,(H,33,34)(H,41,42,43)/t19-,24-,29?,30?/m0/s1. The highest BCUT2D eigenvalue weighted by Gasteiger charge is 2.75. The molecular formula is C30H36FN7O6S2. The van der Waals surface area contributed by atoms with E-state index in [4.69, 9.17) is 9.73 Å². The minimum absolute atomic E-state index is 0.0467. The van der Waals surface area contributed by atoms with Crippen LogP contribution in [0.15, 0.2) is 46.0 Å². The number of nitrogens with zero attached hydrogens (tertiary/aromatic N) is 6. The van der Waals surface area contributed by atoms with Crippen LogP contribution in [0.1, 0.15) is 48.4 Å². The summed E-state index contributed by atoms with van der Waals surface area (Å²) >= 11 is 1.40. The topological polar surface area (TPSA) is 148 Å². The van der Waals surface area contributed by atoms with E-state index in [-0.39, 0.29) is 18.7 Å². The van der Waals surface area contributed by atoms with Crippen LogP contribution in [0.2, 0.25) is 0 Å². The molecule has 5 fully saturated rings. The Labute approximate surface area is 270 Å². The highest BCUT2D eigenvalue weighted by atomic mass is 32.2. The number of carbonyl (C=O) groups is 2. The summed E-state index contributed by atoms with van der Waals surface area (Å²) in [4.78, 5) is 42.3. The lowest BCUT2D eigenvalue weighted by Gasteiger charge is -2.74. The molecule has 16 heteroatoms. The van der Waals surface area contributed by atoms with Gasteiger partial charge in [0, 0.05) is 62.6 Å². The highest BCUT2D eigenvalue weighted by molar-refractivity contribution is 7.83. The summed E-state index contributed by atoms with van der Waals surface area (Å²) in [5, 5.41) is 5.83. The molecule has 2 amide bonds. The second-order valence-electron chi connectivity index (χ2n) is 12.8. The Hall–Kier alpha value is -3.44. The van der Waals surface area contributed by atoms with Gasteiger partial charge < -0.3 is 19.9 Å². The predicted molar refractivity (Wildman–Crippen MR) is 167 cm³/mol. The van der Waals surface area contributed by atoms with Gasteiger partial charge in [-0.3, -0.25) is 14.4 Å². The number of aromatic nitrogens is 1. The number of ether oxygens (including phenoxy) is 1. The van der Waals surface area contributed by atoms with Gasteiger partial charge in [-0.05, 0) is 50.3 Å². The van der Waals surface area contributed by atoms with Crippen molar-refractivity contribution in [2.45, 2.75) is 56.3 Å². The highest BCUT2D eigenvalue weighted by Crippen LogP contribution is 2.67. The molecule has 3 saturated carbocycles. The van der Waals surface area contributed by atoms with Gasteiger partial charge in [-0.2, -0.15) is 12.7 Å². The maximum Gasteiger partial charge on any atom is 0.338 e. The molecule has 0 spiro atoms. The van der Waals surface area contributed by atoms with E-state index in [1.807, 2.05) is 15.2 Å².